The standard InChI is InChI=1S/C17H20N4O4S2/c1-16(2,3)13-9-14(19-25-13)18-15(22)17(4,5)27(23,24)10-6-7-11-12(8-10)21-26-20-11/h6-9H,1-5H3,(H,18,19,22). The zero-order valence-electron chi connectivity index (χ0n) is 15.6. The van der Waals surface area contributed by atoms with Crippen molar-refractivity contribution in [2.75, 3.05) is 5.32 Å². The van der Waals surface area contributed by atoms with Gasteiger partial charge in [0.2, 0.25) is 5.91 Å². The van der Waals surface area contributed by atoms with Gasteiger partial charge in [0, 0.05) is 11.5 Å². The van der Waals surface area contributed by atoms with Crippen LogP contribution in [0.5, 0.6) is 0 Å². The second-order valence-corrected chi connectivity index (χ2v) is 10.7. The Hall–Kier alpha value is -2.33. The molecule has 0 saturated heterocycles. The van der Waals surface area contributed by atoms with Crippen molar-refractivity contribution < 1.29 is 17.7 Å². The molecule has 0 aliphatic rings. The van der Waals surface area contributed by atoms with Crippen molar-refractivity contribution >= 4 is 44.3 Å². The highest BCUT2D eigenvalue weighted by Gasteiger charge is 2.43. The van der Waals surface area contributed by atoms with E-state index in [9.17, 15) is 13.2 Å². The number of hydrogen-bond acceptors (Lipinski definition) is 8. The Kier molecular flexibility index (Phi) is 4.59. The van der Waals surface area contributed by atoms with Crippen molar-refractivity contribution in [3.8, 4) is 0 Å². The highest BCUT2D eigenvalue weighted by molar-refractivity contribution is 7.93. The number of anilines is 1. The number of amides is 1. The lowest BCUT2D eigenvalue weighted by atomic mass is 9.93. The van der Waals surface area contributed by atoms with E-state index < -0.39 is 20.5 Å². The van der Waals surface area contributed by atoms with Crippen LogP contribution in [-0.4, -0.2) is 33.0 Å². The molecule has 8 nitrogen and oxygen atoms in total. The Morgan fingerprint density at radius 3 is 2.37 bits per heavy atom. The molecule has 0 fully saturated rings. The van der Waals surface area contributed by atoms with Gasteiger partial charge < -0.3 is 9.84 Å². The minimum atomic E-state index is -3.98. The topological polar surface area (TPSA) is 115 Å². The van der Waals surface area contributed by atoms with E-state index in [1.165, 1.54) is 26.0 Å². The first kappa shape index (κ1) is 19.4. The number of nitrogens with one attached hydrogen (secondary N) is 1. The molecule has 1 N–H and O–H groups in total. The van der Waals surface area contributed by atoms with Crippen LogP contribution < -0.4 is 5.32 Å². The maximum absolute atomic E-state index is 13.1. The lowest BCUT2D eigenvalue weighted by Gasteiger charge is -2.23. The number of fused-ring (bicyclic) bond motifs is 1. The van der Waals surface area contributed by atoms with E-state index in [1.807, 2.05) is 20.8 Å². The summed E-state index contributed by atoms with van der Waals surface area (Å²) >= 11 is 0.999. The summed E-state index contributed by atoms with van der Waals surface area (Å²) in [4.78, 5) is 12.7. The molecule has 144 valence electrons. The molecule has 0 aliphatic heterocycles. The van der Waals surface area contributed by atoms with E-state index >= 15 is 0 Å². The first-order chi connectivity index (χ1) is 12.4. The van der Waals surface area contributed by atoms with Crippen molar-refractivity contribution in [3.05, 3.63) is 30.0 Å². The number of sulfone groups is 1. The fourth-order valence-electron chi connectivity index (χ4n) is 2.30. The minimum absolute atomic E-state index is 0.0124. The second kappa shape index (κ2) is 6.38. The van der Waals surface area contributed by atoms with Crippen LogP contribution in [-0.2, 0) is 20.0 Å². The van der Waals surface area contributed by atoms with Crippen molar-refractivity contribution in [1.82, 2.24) is 13.9 Å². The molecule has 0 atom stereocenters. The number of rotatable bonds is 4. The van der Waals surface area contributed by atoms with E-state index in [0.717, 1.165) is 11.7 Å². The Morgan fingerprint density at radius 1 is 1.07 bits per heavy atom. The van der Waals surface area contributed by atoms with Crippen molar-refractivity contribution in [2.24, 2.45) is 0 Å². The number of aromatic nitrogens is 3. The number of hydrogen-bond donors (Lipinski definition) is 1. The predicted octanol–water partition coefficient (Wildman–Crippen LogP) is 3.17. The molecule has 2 aromatic heterocycles. The lowest BCUT2D eigenvalue weighted by molar-refractivity contribution is -0.117. The van der Waals surface area contributed by atoms with Gasteiger partial charge in [0.05, 0.1) is 16.6 Å². The zero-order chi connectivity index (χ0) is 20.0. The number of benzene rings is 1. The molecular formula is C17H20N4O4S2. The van der Waals surface area contributed by atoms with E-state index in [1.54, 1.807) is 12.1 Å². The third-order valence-corrected chi connectivity index (χ3v) is 7.21. The van der Waals surface area contributed by atoms with E-state index in [2.05, 4.69) is 19.2 Å². The zero-order valence-corrected chi connectivity index (χ0v) is 17.2. The van der Waals surface area contributed by atoms with E-state index in [-0.39, 0.29) is 16.1 Å². The summed E-state index contributed by atoms with van der Waals surface area (Å²) in [7, 11) is -3.98. The van der Waals surface area contributed by atoms with Gasteiger partial charge in [0.15, 0.2) is 15.7 Å². The van der Waals surface area contributed by atoms with Gasteiger partial charge in [-0.1, -0.05) is 25.9 Å². The van der Waals surface area contributed by atoms with Crippen LogP contribution in [0.15, 0.2) is 33.7 Å². The third kappa shape index (κ3) is 3.46. The van der Waals surface area contributed by atoms with E-state index in [4.69, 9.17) is 4.52 Å². The van der Waals surface area contributed by atoms with Gasteiger partial charge in [0.25, 0.3) is 0 Å². The van der Waals surface area contributed by atoms with Gasteiger partial charge in [-0.05, 0) is 32.0 Å². The SMILES string of the molecule is CC(C)(C)c1cc(NC(=O)C(C)(C)S(=O)(=O)c2ccc3nsnc3c2)no1. The van der Waals surface area contributed by atoms with Gasteiger partial charge in [0.1, 0.15) is 21.5 Å². The Morgan fingerprint density at radius 2 is 1.74 bits per heavy atom. The number of nitrogens with zero attached hydrogens (tertiary/aromatic N) is 3. The maximum atomic E-state index is 13.1. The summed E-state index contributed by atoms with van der Waals surface area (Å²) in [5, 5.41) is 6.34. The Bertz CT molecular complexity index is 1110. The van der Waals surface area contributed by atoms with Gasteiger partial charge in [-0.2, -0.15) is 8.75 Å². The molecular weight excluding hydrogens is 388 g/mol. The molecule has 1 amide bonds. The van der Waals surface area contributed by atoms with Crippen LogP contribution >= 0.6 is 11.7 Å². The molecule has 0 spiro atoms. The van der Waals surface area contributed by atoms with Gasteiger partial charge in [-0.15, -0.1) is 0 Å². The summed E-state index contributed by atoms with van der Waals surface area (Å²) in [5.74, 6) is 0.0556. The average molecular weight is 409 g/mol. The molecule has 2 heterocycles. The normalized spacial score (nSPS) is 13.1. The van der Waals surface area contributed by atoms with Crippen LogP contribution in [0, 0.1) is 0 Å². The summed E-state index contributed by atoms with van der Waals surface area (Å²) in [5.41, 5.74) is 0.802. The molecule has 3 rings (SSSR count). The first-order valence-corrected chi connectivity index (χ1v) is 10.4. The maximum Gasteiger partial charge on any atom is 0.246 e. The molecule has 0 radical (unpaired) electrons. The molecule has 3 aromatic rings. The molecule has 27 heavy (non-hydrogen) atoms. The van der Waals surface area contributed by atoms with Gasteiger partial charge in [-0.3, -0.25) is 4.79 Å². The molecule has 10 heteroatoms. The van der Waals surface area contributed by atoms with Crippen LogP contribution in [0.25, 0.3) is 11.0 Å². The van der Waals surface area contributed by atoms with Crippen molar-refractivity contribution in [3.63, 3.8) is 0 Å². The lowest BCUT2D eigenvalue weighted by Crippen LogP contribution is -2.44. The van der Waals surface area contributed by atoms with Crippen LogP contribution in [0.1, 0.15) is 40.4 Å². The van der Waals surface area contributed by atoms with Crippen LogP contribution in [0.3, 0.4) is 0 Å². The second-order valence-electron chi connectivity index (χ2n) is 7.71. The molecule has 1 aromatic carbocycles. The third-order valence-electron chi connectivity index (χ3n) is 4.25. The largest absolute Gasteiger partial charge is 0.359 e. The fourth-order valence-corrected chi connectivity index (χ4v) is 4.22. The Labute approximate surface area is 161 Å². The van der Waals surface area contributed by atoms with Gasteiger partial charge in [-0.25, -0.2) is 8.42 Å². The monoisotopic (exact) mass is 408 g/mol. The quantitative estimate of drug-likeness (QED) is 0.705. The van der Waals surface area contributed by atoms with Crippen LogP contribution in [0.4, 0.5) is 5.82 Å². The van der Waals surface area contributed by atoms with Crippen molar-refractivity contribution in [2.45, 2.75) is 49.7 Å². The van der Waals surface area contributed by atoms with E-state index in [0.29, 0.717) is 16.8 Å². The Balaban J connectivity index is 1.89. The predicted molar refractivity (Wildman–Crippen MR) is 103 cm³/mol. The highest BCUT2D eigenvalue weighted by atomic mass is 32.2. The number of carbonyl (C=O) groups is 1. The summed E-state index contributed by atoms with van der Waals surface area (Å²) in [6.45, 7) is 8.53. The highest BCUT2D eigenvalue weighted by Crippen LogP contribution is 2.30. The number of carbonyl (C=O) groups excluding carboxylic acids is 1. The summed E-state index contributed by atoms with van der Waals surface area (Å²) in [6, 6.07) is 6.03. The molecule has 0 aliphatic carbocycles. The smallest absolute Gasteiger partial charge is 0.246 e. The molecule has 0 unspecified atom stereocenters. The van der Waals surface area contributed by atoms with Gasteiger partial charge >= 0.3 is 0 Å². The summed E-state index contributed by atoms with van der Waals surface area (Å²) < 4.78 is 37.7. The minimum Gasteiger partial charge on any atom is -0.359 e. The fraction of sp³-hybridized carbons (Fsp3) is 0.412. The average Bonchev–Trinajstić information content (AvgIpc) is 3.22. The summed E-state index contributed by atoms with van der Waals surface area (Å²) in [6.07, 6.45) is 0. The first-order valence-electron chi connectivity index (χ1n) is 8.18. The van der Waals surface area contributed by atoms with Crippen LogP contribution in [0.2, 0.25) is 0 Å². The van der Waals surface area contributed by atoms with Crippen molar-refractivity contribution in [1.29, 1.82) is 0 Å². The molecule has 0 saturated carbocycles. The molecule has 0 bridgehead atoms.